The Morgan fingerprint density at radius 1 is 0.645 bits per heavy atom. The molecule has 0 bridgehead atoms. The van der Waals surface area contributed by atoms with Crippen LogP contribution in [0.4, 0.5) is 0 Å². The van der Waals surface area contributed by atoms with E-state index in [1.807, 2.05) is 0 Å². The molecular formula is C31H66. The summed E-state index contributed by atoms with van der Waals surface area (Å²) in [5.74, 6) is 2.76. The van der Waals surface area contributed by atoms with Gasteiger partial charge in [0.15, 0.2) is 0 Å². The van der Waals surface area contributed by atoms with Crippen LogP contribution in [-0.4, -0.2) is 0 Å². The Kier molecular flexibility index (Phi) is 12.2. The van der Waals surface area contributed by atoms with Gasteiger partial charge in [0, 0.05) is 0 Å². The zero-order valence-corrected chi connectivity index (χ0v) is 22.9. The molecule has 2 fully saturated rings. The first-order valence-electron chi connectivity index (χ1n) is 12.9. The quantitative estimate of drug-likeness (QED) is 0.409. The predicted molar refractivity (Wildman–Crippen MR) is 147 cm³/mol. The molecule has 190 valence electrons. The molecule has 0 heteroatoms. The second kappa shape index (κ2) is 11.4. The number of rotatable bonds is 4. The maximum absolute atomic E-state index is 2.49. The molecule has 0 radical (unpaired) electrons. The van der Waals surface area contributed by atoms with Crippen molar-refractivity contribution in [2.24, 2.45) is 44.8 Å². The molecule has 2 rings (SSSR count). The van der Waals surface area contributed by atoms with E-state index in [1.165, 1.54) is 51.4 Å². The van der Waals surface area contributed by atoms with Crippen molar-refractivity contribution in [1.29, 1.82) is 0 Å². The Morgan fingerprint density at radius 3 is 1.55 bits per heavy atom. The van der Waals surface area contributed by atoms with E-state index < -0.39 is 0 Å². The Labute approximate surface area is 201 Å². The second-order valence-corrected chi connectivity index (χ2v) is 14.5. The van der Waals surface area contributed by atoms with Gasteiger partial charge in [0.25, 0.3) is 0 Å². The van der Waals surface area contributed by atoms with E-state index in [0.29, 0.717) is 27.1 Å². The van der Waals surface area contributed by atoms with Crippen molar-refractivity contribution in [3.63, 3.8) is 0 Å². The van der Waals surface area contributed by atoms with Gasteiger partial charge in [-0.05, 0) is 70.5 Å². The molecule has 0 aromatic carbocycles. The van der Waals surface area contributed by atoms with Gasteiger partial charge >= 0.3 is 0 Å². The molecule has 2 saturated carbocycles. The molecule has 0 saturated heterocycles. The fourth-order valence-electron chi connectivity index (χ4n) is 7.50. The van der Waals surface area contributed by atoms with E-state index in [1.54, 1.807) is 0 Å². The highest BCUT2D eigenvalue weighted by Gasteiger charge is 2.50. The van der Waals surface area contributed by atoms with Gasteiger partial charge < -0.3 is 0 Å². The molecule has 3 unspecified atom stereocenters. The molecule has 31 heavy (non-hydrogen) atoms. The van der Waals surface area contributed by atoms with Crippen LogP contribution in [0.25, 0.3) is 0 Å². The molecule has 3 atom stereocenters. The first-order chi connectivity index (χ1) is 12.9. The second-order valence-electron chi connectivity index (χ2n) is 14.5. The third kappa shape index (κ3) is 8.37. The summed E-state index contributed by atoms with van der Waals surface area (Å²) in [7, 11) is 0. The SMILES string of the molecule is C.C.CCCC1CC(C)(C)CC(C)(C)C1(C)C.CCCC1CC(C)(C)CC(C)(C)C1C. The number of hydrogen-bond donors (Lipinski definition) is 0. The standard InChI is InChI=1S/C15H30.C14H28.2CH4/c1-8-9-12-10-13(2,3)11-14(4,5)15(12,6)7;1-7-8-12-9-13(3,4)10-14(5,6)11(12)2;;/h12H,8-11H2,1-7H3;11-12H,7-10H2,1-6H3;2*1H4. The average molecular weight is 439 g/mol. The fraction of sp³-hybridized carbons (Fsp3) is 1.00. The molecule has 0 aliphatic heterocycles. The van der Waals surface area contributed by atoms with Gasteiger partial charge in [-0.1, -0.05) is 131 Å². The lowest BCUT2D eigenvalue weighted by Gasteiger charge is -2.57. The first-order valence-corrected chi connectivity index (χ1v) is 12.9. The zero-order valence-electron chi connectivity index (χ0n) is 22.9. The molecule has 0 aromatic heterocycles. The summed E-state index contributed by atoms with van der Waals surface area (Å²) in [6.45, 7) is 31.7. The molecule has 0 heterocycles. The van der Waals surface area contributed by atoms with Crippen LogP contribution in [0.15, 0.2) is 0 Å². The predicted octanol–water partition coefficient (Wildman–Crippen LogP) is 11.4. The average Bonchev–Trinajstić information content (AvgIpc) is 2.49. The monoisotopic (exact) mass is 439 g/mol. The van der Waals surface area contributed by atoms with Crippen LogP contribution in [-0.2, 0) is 0 Å². The van der Waals surface area contributed by atoms with Gasteiger partial charge in [0.05, 0.1) is 0 Å². The van der Waals surface area contributed by atoms with Gasteiger partial charge in [-0.15, -0.1) is 0 Å². The molecule has 0 N–H and O–H groups in total. The van der Waals surface area contributed by atoms with Gasteiger partial charge in [0.2, 0.25) is 0 Å². The van der Waals surface area contributed by atoms with Crippen LogP contribution < -0.4 is 0 Å². The third-order valence-corrected chi connectivity index (χ3v) is 9.47. The molecular weight excluding hydrogens is 372 g/mol. The minimum absolute atomic E-state index is 0. The van der Waals surface area contributed by atoms with Crippen LogP contribution >= 0.6 is 0 Å². The van der Waals surface area contributed by atoms with Crippen molar-refractivity contribution in [2.45, 2.75) is 156 Å². The lowest BCUT2D eigenvalue weighted by atomic mass is 9.48. The Bertz CT molecular complexity index is 502. The summed E-state index contributed by atoms with van der Waals surface area (Å²) in [5.41, 5.74) is 2.63. The molecule has 0 nitrogen and oxygen atoms in total. The smallest absolute Gasteiger partial charge is 0.0274 e. The minimum Gasteiger partial charge on any atom is -0.0776 e. The van der Waals surface area contributed by atoms with Gasteiger partial charge in [-0.3, -0.25) is 0 Å². The summed E-state index contributed by atoms with van der Waals surface area (Å²) >= 11 is 0. The molecule has 0 spiro atoms. The van der Waals surface area contributed by atoms with Crippen LogP contribution in [0.5, 0.6) is 0 Å². The first kappa shape index (κ1) is 33.2. The van der Waals surface area contributed by atoms with Crippen molar-refractivity contribution < 1.29 is 0 Å². The van der Waals surface area contributed by atoms with Crippen molar-refractivity contribution in [3.8, 4) is 0 Å². The minimum atomic E-state index is 0. The van der Waals surface area contributed by atoms with Crippen molar-refractivity contribution >= 4 is 0 Å². The van der Waals surface area contributed by atoms with Crippen molar-refractivity contribution in [1.82, 2.24) is 0 Å². The maximum atomic E-state index is 2.49. The Hall–Kier alpha value is 0. The van der Waals surface area contributed by atoms with Gasteiger partial charge in [-0.25, -0.2) is 0 Å². The van der Waals surface area contributed by atoms with E-state index in [4.69, 9.17) is 0 Å². The summed E-state index contributed by atoms with van der Waals surface area (Å²) in [6.07, 6.45) is 11.1. The lowest BCUT2D eigenvalue weighted by Crippen LogP contribution is -2.48. The lowest BCUT2D eigenvalue weighted by molar-refractivity contribution is -0.0696. The normalized spacial score (nSPS) is 31.8. The van der Waals surface area contributed by atoms with Crippen LogP contribution in [0.1, 0.15) is 156 Å². The zero-order chi connectivity index (χ0) is 22.9. The van der Waals surface area contributed by atoms with Crippen LogP contribution in [0.3, 0.4) is 0 Å². The van der Waals surface area contributed by atoms with E-state index in [0.717, 1.165) is 17.8 Å². The van der Waals surface area contributed by atoms with Crippen molar-refractivity contribution in [2.75, 3.05) is 0 Å². The maximum Gasteiger partial charge on any atom is -0.0274 e. The summed E-state index contributed by atoms with van der Waals surface area (Å²) < 4.78 is 0. The summed E-state index contributed by atoms with van der Waals surface area (Å²) in [4.78, 5) is 0. The van der Waals surface area contributed by atoms with Gasteiger partial charge in [-0.2, -0.15) is 0 Å². The Morgan fingerprint density at radius 2 is 1.10 bits per heavy atom. The van der Waals surface area contributed by atoms with Gasteiger partial charge in [0.1, 0.15) is 0 Å². The van der Waals surface area contributed by atoms with E-state index in [9.17, 15) is 0 Å². The highest BCUT2D eigenvalue weighted by molar-refractivity contribution is 5.00. The van der Waals surface area contributed by atoms with E-state index >= 15 is 0 Å². The third-order valence-electron chi connectivity index (χ3n) is 9.47. The Balaban J connectivity index is 0. The number of hydrogen-bond acceptors (Lipinski definition) is 0. The summed E-state index contributed by atoms with van der Waals surface area (Å²) in [5, 5.41) is 0. The van der Waals surface area contributed by atoms with E-state index in [-0.39, 0.29) is 14.9 Å². The molecule has 2 aliphatic rings. The highest BCUT2D eigenvalue weighted by Crippen LogP contribution is 2.59. The van der Waals surface area contributed by atoms with Crippen molar-refractivity contribution in [3.05, 3.63) is 0 Å². The summed E-state index contributed by atoms with van der Waals surface area (Å²) in [6, 6.07) is 0. The van der Waals surface area contributed by atoms with E-state index in [2.05, 4.69) is 90.0 Å². The highest BCUT2D eigenvalue weighted by atomic mass is 14.6. The topological polar surface area (TPSA) is 0 Å². The molecule has 0 amide bonds. The largest absolute Gasteiger partial charge is 0.0776 e. The molecule has 0 aromatic rings. The fourth-order valence-corrected chi connectivity index (χ4v) is 7.50. The van der Waals surface area contributed by atoms with Crippen LogP contribution in [0.2, 0.25) is 0 Å². The molecule has 2 aliphatic carbocycles. The van der Waals surface area contributed by atoms with Crippen LogP contribution in [0, 0.1) is 44.8 Å².